The number of rotatable bonds is 5. The highest BCUT2D eigenvalue weighted by molar-refractivity contribution is 7.89. The first kappa shape index (κ1) is 15.2. The fourth-order valence-corrected chi connectivity index (χ4v) is 4.68. The van der Waals surface area contributed by atoms with Crippen molar-refractivity contribution < 1.29 is 12.9 Å². The van der Waals surface area contributed by atoms with Crippen LogP contribution >= 0.6 is 0 Å². The van der Waals surface area contributed by atoms with E-state index in [0.29, 0.717) is 17.9 Å². The van der Waals surface area contributed by atoms with Crippen molar-refractivity contribution in [2.45, 2.75) is 36.1 Å². The predicted molar refractivity (Wildman–Crippen MR) is 82.5 cm³/mol. The molecule has 3 N–H and O–H groups in total. The average molecular weight is 321 g/mol. The van der Waals surface area contributed by atoms with Crippen LogP contribution in [0, 0.1) is 0 Å². The van der Waals surface area contributed by atoms with Crippen molar-refractivity contribution in [1.29, 1.82) is 0 Å². The number of nitrogens with one attached hydrogen (secondary N) is 1. The molecule has 1 aliphatic carbocycles. The lowest BCUT2D eigenvalue weighted by atomic mass is 10.0. The van der Waals surface area contributed by atoms with Gasteiger partial charge in [-0.2, -0.15) is 0 Å². The van der Waals surface area contributed by atoms with Crippen molar-refractivity contribution >= 4 is 10.0 Å². The number of sulfonamides is 1. The minimum absolute atomic E-state index is 0.187. The summed E-state index contributed by atoms with van der Waals surface area (Å²) in [6.45, 7) is 0.302. The molecule has 0 bridgehead atoms. The Bertz CT molecular complexity index is 735. The van der Waals surface area contributed by atoms with Crippen molar-refractivity contribution in [3.63, 3.8) is 0 Å². The highest BCUT2D eigenvalue weighted by Crippen LogP contribution is 2.32. The van der Waals surface area contributed by atoms with Gasteiger partial charge in [-0.05, 0) is 25.0 Å². The van der Waals surface area contributed by atoms with Gasteiger partial charge in [0.15, 0.2) is 5.76 Å². The maximum absolute atomic E-state index is 12.8. The van der Waals surface area contributed by atoms with Crippen LogP contribution in [0.25, 0.3) is 11.3 Å². The first-order valence-corrected chi connectivity index (χ1v) is 8.79. The Morgan fingerprint density at radius 3 is 2.59 bits per heavy atom. The molecule has 0 amide bonds. The summed E-state index contributed by atoms with van der Waals surface area (Å²) in [5.74, 6) is 0.425. The van der Waals surface area contributed by atoms with E-state index in [2.05, 4.69) is 9.88 Å². The Kier molecular flexibility index (Phi) is 4.03. The molecule has 0 atom stereocenters. The number of nitrogens with zero attached hydrogens (tertiary/aromatic N) is 1. The quantitative estimate of drug-likeness (QED) is 0.876. The number of aromatic nitrogens is 1. The van der Waals surface area contributed by atoms with Crippen molar-refractivity contribution in [1.82, 2.24) is 9.88 Å². The van der Waals surface area contributed by atoms with Crippen molar-refractivity contribution in [3.8, 4) is 11.3 Å². The second-order valence-electron chi connectivity index (χ2n) is 5.67. The molecule has 0 aliphatic heterocycles. The first-order chi connectivity index (χ1) is 10.6. The standard InChI is InChI=1S/C15H19N3O3S/c16-11-15(8-3-4-9-15)18-22(19,20)14-6-2-1-5-12(14)13-7-10-17-21-13/h1-2,5-7,10,18H,3-4,8-9,11,16H2. The number of nitrogens with two attached hydrogens (primary N) is 1. The molecule has 1 heterocycles. The number of hydrogen-bond donors (Lipinski definition) is 2. The molecule has 1 fully saturated rings. The smallest absolute Gasteiger partial charge is 0.241 e. The van der Waals surface area contributed by atoms with Crippen LogP contribution in [0.2, 0.25) is 0 Å². The highest BCUT2D eigenvalue weighted by atomic mass is 32.2. The maximum atomic E-state index is 12.8. The largest absolute Gasteiger partial charge is 0.356 e. The minimum Gasteiger partial charge on any atom is -0.356 e. The Labute approximate surface area is 129 Å². The maximum Gasteiger partial charge on any atom is 0.241 e. The molecule has 1 aliphatic rings. The summed E-state index contributed by atoms with van der Waals surface area (Å²) in [4.78, 5) is 0.187. The average Bonchev–Trinajstić information content (AvgIpc) is 3.19. The van der Waals surface area contributed by atoms with Crippen LogP contribution < -0.4 is 10.5 Å². The second kappa shape index (κ2) is 5.83. The van der Waals surface area contributed by atoms with Crippen LogP contribution in [-0.4, -0.2) is 25.7 Å². The molecule has 2 aromatic rings. The van der Waals surface area contributed by atoms with E-state index in [0.717, 1.165) is 25.7 Å². The van der Waals surface area contributed by atoms with Crippen LogP contribution in [0.4, 0.5) is 0 Å². The molecule has 1 aromatic heterocycles. The van der Waals surface area contributed by atoms with Gasteiger partial charge < -0.3 is 10.3 Å². The molecule has 3 rings (SSSR count). The number of hydrogen-bond acceptors (Lipinski definition) is 5. The summed E-state index contributed by atoms with van der Waals surface area (Å²) in [7, 11) is -3.69. The van der Waals surface area contributed by atoms with Gasteiger partial charge in [-0.15, -0.1) is 0 Å². The molecule has 7 heteroatoms. The van der Waals surface area contributed by atoms with Gasteiger partial charge in [-0.3, -0.25) is 0 Å². The van der Waals surface area contributed by atoms with E-state index in [1.807, 2.05) is 0 Å². The van der Waals surface area contributed by atoms with Crippen LogP contribution in [-0.2, 0) is 10.0 Å². The van der Waals surface area contributed by atoms with E-state index in [4.69, 9.17) is 10.3 Å². The predicted octanol–water partition coefficient (Wildman–Crippen LogP) is 1.89. The van der Waals surface area contributed by atoms with E-state index in [1.54, 1.807) is 30.3 Å². The molecule has 0 unspecified atom stereocenters. The normalized spacial score (nSPS) is 17.7. The summed E-state index contributed by atoms with van der Waals surface area (Å²) in [5, 5.41) is 3.64. The van der Waals surface area contributed by atoms with Gasteiger partial charge in [0.25, 0.3) is 0 Å². The fourth-order valence-electron chi connectivity index (χ4n) is 3.00. The van der Waals surface area contributed by atoms with Gasteiger partial charge in [0, 0.05) is 23.7 Å². The zero-order valence-electron chi connectivity index (χ0n) is 12.2. The van der Waals surface area contributed by atoms with E-state index < -0.39 is 15.6 Å². The third kappa shape index (κ3) is 2.79. The lowest BCUT2D eigenvalue weighted by Gasteiger charge is -2.28. The van der Waals surface area contributed by atoms with E-state index in [-0.39, 0.29) is 4.90 Å². The summed E-state index contributed by atoms with van der Waals surface area (Å²) in [6.07, 6.45) is 5.01. The van der Waals surface area contributed by atoms with Crippen molar-refractivity contribution in [2.24, 2.45) is 5.73 Å². The third-order valence-corrected chi connectivity index (χ3v) is 5.82. The molecule has 118 valence electrons. The summed E-state index contributed by atoms with van der Waals surface area (Å²) in [6, 6.07) is 8.38. The molecule has 0 spiro atoms. The molecule has 22 heavy (non-hydrogen) atoms. The van der Waals surface area contributed by atoms with Gasteiger partial charge in [-0.1, -0.05) is 30.1 Å². The molecule has 6 nitrogen and oxygen atoms in total. The lowest BCUT2D eigenvalue weighted by molar-refractivity contribution is 0.399. The Balaban J connectivity index is 2.00. The fraction of sp³-hybridized carbons (Fsp3) is 0.400. The van der Waals surface area contributed by atoms with Gasteiger partial charge >= 0.3 is 0 Å². The molecule has 1 aromatic carbocycles. The first-order valence-electron chi connectivity index (χ1n) is 7.30. The highest BCUT2D eigenvalue weighted by Gasteiger charge is 2.37. The van der Waals surface area contributed by atoms with E-state index in [1.165, 1.54) is 6.20 Å². The summed E-state index contributed by atoms with van der Waals surface area (Å²) in [5.41, 5.74) is 5.79. The van der Waals surface area contributed by atoms with Crippen LogP contribution in [0.5, 0.6) is 0 Å². The van der Waals surface area contributed by atoms with Gasteiger partial charge in [-0.25, -0.2) is 13.1 Å². The van der Waals surface area contributed by atoms with Crippen LogP contribution in [0.1, 0.15) is 25.7 Å². The van der Waals surface area contributed by atoms with Gasteiger partial charge in [0.2, 0.25) is 10.0 Å². The molecular weight excluding hydrogens is 302 g/mol. The lowest BCUT2D eigenvalue weighted by Crippen LogP contribution is -2.51. The van der Waals surface area contributed by atoms with Crippen LogP contribution in [0.3, 0.4) is 0 Å². The zero-order chi connectivity index (χ0) is 15.6. The van der Waals surface area contributed by atoms with Crippen molar-refractivity contribution in [3.05, 3.63) is 36.5 Å². The summed E-state index contributed by atoms with van der Waals surface area (Å²) < 4.78 is 33.6. The van der Waals surface area contributed by atoms with Crippen molar-refractivity contribution in [2.75, 3.05) is 6.54 Å². The molecular formula is C15H19N3O3S. The topological polar surface area (TPSA) is 98.2 Å². The van der Waals surface area contributed by atoms with Gasteiger partial charge in [0.1, 0.15) is 0 Å². The van der Waals surface area contributed by atoms with Crippen LogP contribution in [0.15, 0.2) is 45.9 Å². The Morgan fingerprint density at radius 2 is 1.95 bits per heavy atom. The minimum atomic E-state index is -3.69. The molecule has 0 saturated heterocycles. The Hall–Kier alpha value is -1.70. The molecule has 0 radical (unpaired) electrons. The number of benzene rings is 1. The Morgan fingerprint density at radius 1 is 1.23 bits per heavy atom. The van der Waals surface area contributed by atoms with E-state index in [9.17, 15) is 8.42 Å². The van der Waals surface area contributed by atoms with E-state index >= 15 is 0 Å². The zero-order valence-corrected chi connectivity index (χ0v) is 13.0. The monoisotopic (exact) mass is 321 g/mol. The summed E-state index contributed by atoms with van der Waals surface area (Å²) >= 11 is 0. The second-order valence-corrected chi connectivity index (χ2v) is 7.32. The molecule has 1 saturated carbocycles. The SMILES string of the molecule is NCC1(NS(=O)(=O)c2ccccc2-c2ccno2)CCCC1. The third-order valence-electron chi connectivity index (χ3n) is 4.18. The van der Waals surface area contributed by atoms with Gasteiger partial charge in [0.05, 0.1) is 11.1 Å².